The molecule has 4 nitrogen and oxygen atoms in total. The summed E-state index contributed by atoms with van der Waals surface area (Å²) in [6, 6.07) is 16.7. The van der Waals surface area contributed by atoms with Gasteiger partial charge in [0.25, 0.3) is 0 Å². The average Bonchev–Trinajstić information content (AvgIpc) is 2.74. The van der Waals surface area contributed by atoms with Gasteiger partial charge in [-0.25, -0.2) is 4.79 Å². The van der Waals surface area contributed by atoms with Gasteiger partial charge in [-0.05, 0) is 28.5 Å². The van der Waals surface area contributed by atoms with Crippen LogP contribution in [0.5, 0.6) is 0 Å². The Morgan fingerprint density at radius 3 is 2.07 bits per heavy atom. The van der Waals surface area contributed by atoms with Crippen molar-refractivity contribution in [3.8, 4) is 0 Å². The molecule has 0 radical (unpaired) electrons. The average molecular weight is 406 g/mol. The Bertz CT molecular complexity index is 824. The number of hydrogen-bond acceptors (Lipinski definition) is 2. The third-order valence-corrected chi connectivity index (χ3v) is 5.74. The summed E-state index contributed by atoms with van der Waals surface area (Å²) < 4.78 is 0. The Kier molecular flexibility index (Phi) is 7.69. The highest BCUT2D eigenvalue weighted by Gasteiger charge is 2.23. The fourth-order valence-corrected chi connectivity index (χ4v) is 3.92. The van der Waals surface area contributed by atoms with Gasteiger partial charge in [0.1, 0.15) is 0 Å². The van der Waals surface area contributed by atoms with Crippen molar-refractivity contribution in [1.29, 1.82) is 0 Å². The Morgan fingerprint density at radius 2 is 1.50 bits per heavy atom. The molecular weight excluding hydrogens is 370 g/mol. The van der Waals surface area contributed by atoms with E-state index in [1.807, 2.05) is 11.0 Å². The van der Waals surface area contributed by atoms with E-state index in [-0.39, 0.29) is 6.03 Å². The number of nitrogens with one attached hydrogen (secondary N) is 1. The molecule has 0 unspecified atom stereocenters. The Balaban J connectivity index is 1.57. The van der Waals surface area contributed by atoms with Crippen LogP contribution in [0.15, 0.2) is 54.6 Å². The number of nitrogens with zero attached hydrogens (tertiary/aromatic N) is 2. The molecule has 3 rings (SSSR count). The van der Waals surface area contributed by atoms with Crippen molar-refractivity contribution >= 4 is 17.8 Å². The second kappa shape index (κ2) is 10.4. The lowest BCUT2D eigenvalue weighted by atomic mass is 9.93. The summed E-state index contributed by atoms with van der Waals surface area (Å²) >= 11 is 0. The molecule has 1 aliphatic rings. The molecule has 1 fully saturated rings. The van der Waals surface area contributed by atoms with E-state index in [1.165, 1.54) is 16.7 Å². The number of carbonyl (C=O) groups is 1. The summed E-state index contributed by atoms with van der Waals surface area (Å²) in [6.45, 7) is 12.9. The molecule has 1 N–H and O–H groups in total. The number of piperazine rings is 1. The molecule has 0 bridgehead atoms. The monoisotopic (exact) mass is 405 g/mol. The first-order valence-electron chi connectivity index (χ1n) is 11.1. The van der Waals surface area contributed by atoms with Gasteiger partial charge in [-0.3, -0.25) is 4.90 Å². The number of carbonyl (C=O) groups excluding carboxylic acids is 1. The lowest BCUT2D eigenvalue weighted by molar-refractivity contribution is 0.156. The molecule has 0 saturated carbocycles. The first kappa shape index (κ1) is 22.1. The summed E-state index contributed by atoms with van der Waals surface area (Å²) in [5.41, 5.74) is 4.64. The third kappa shape index (κ3) is 5.73. The van der Waals surface area contributed by atoms with Crippen LogP contribution in [0.25, 0.3) is 6.08 Å². The van der Waals surface area contributed by atoms with Crippen LogP contribution in [0, 0.1) is 0 Å². The molecule has 0 atom stereocenters. The van der Waals surface area contributed by atoms with E-state index >= 15 is 0 Å². The highest BCUT2D eigenvalue weighted by molar-refractivity contribution is 5.91. The molecule has 0 spiro atoms. The quantitative estimate of drug-likeness (QED) is 0.659. The Morgan fingerprint density at radius 1 is 0.900 bits per heavy atom. The van der Waals surface area contributed by atoms with Crippen LogP contribution >= 0.6 is 0 Å². The molecule has 0 aliphatic carbocycles. The van der Waals surface area contributed by atoms with Crippen molar-refractivity contribution in [2.75, 3.05) is 38.0 Å². The van der Waals surface area contributed by atoms with E-state index < -0.39 is 0 Å². The van der Waals surface area contributed by atoms with E-state index in [1.54, 1.807) is 0 Å². The molecule has 2 aromatic rings. The normalized spacial score (nSPS) is 15.3. The molecule has 30 heavy (non-hydrogen) atoms. The minimum Gasteiger partial charge on any atom is -0.322 e. The molecule has 1 aliphatic heterocycles. The van der Waals surface area contributed by atoms with Crippen molar-refractivity contribution in [1.82, 2.24) is 9.80 Å². The standard InChI is InChI=1S/C26H35N3O/c1-20(2)23-13-8-14-24(21(3)4)25(23)27-26(30)29-18-16-28(17-19-29)15-9-12-22-10-6-5-7-11-22/h5-14,20-21H,15-19H2,1-4H3,(H,27,30). The predicted molar refractivity (Wildman–Crippen MR) is 127 cm³/mol. The number of para-hydroxylation sites is 1. The number of rotatable bonds is 6. The number of benzene rings is 2. The maximum Gasteiger partial charge on any atom is 0.321 e. The van der Waals surface area contributed by atoms with Crippen LogP contribution in [0.3, 0.4) is 0 Å². The first-order chi connectivity index (χ1) is 14.5. The summed E-state index contributed by atoms with van der Waals surface area (Å²) in [7, 11) is 0. The summed E-state index contributed by atoms with van der Waals surface area (Å²) in [5.74, 6) is 0.736. The number of amides is 2. The molecule has 2 aromatic carbocycles. The van der Waals surface area contributed by atoms with Crippen molar-refractivity contribution < 1.29 is 4.79 Å². The van der Waals surface area contributed by atoms with E-state index in [0.717, 1.165) is 38.4 Å². The predicted octanol–water partition coefficient (Wildman–Crippen LogP) is 5.80. The zero-order valence-electron chi connectivity index (χ0n) is 18.8. The molecule has 1 heterocycles. The third-order valence-electron chi connectivity index (χ3n) is 5.74. The lowest BCUT2D eigenvalue weighted by Crippen LogP contribution is -2.50. The van der Waals surface area contributed by atoms with Gasteiger partial charge in [0.2, 0.25) is 0 Å². The molecular formula is C26H35N3O. The van der Waals surface area contributed by atoms with Crippen LogP contribution in [0.1, 0.15) is 56.2 Å². The second-order valence-corrected chi connectivity index (χ2v) is 8.65. The number of hydrogen-bond donors (Lipinski definition) is 1. The van der Waals surface area contributed by atoms with Gasteiger partial charge < -0.3 is 10.2 Å². The maximum atomic E-state index is 13.0. The highest BCUT2D eigenvalue weighted by atomic mass is 16.2. The Labute approximate surface area is 181 Å². The fraction of sp³-hybridized carbons (Fsp3) is 0.423. The van der Waals surface area contributed by atoms with Crippen LogP contribution < -0.4 is 5.32 Å². The number of urea groups is 1. The molecule has 2 amide bonds. The van der Waals surface area contributed by atoms with E-state index in [4.69, 9.17) is 0 Å². The zero-order valence-corrected chi connectivity index (χ0v) is 18.8. The van der Waals surface area contributed by atoms with Crippen LogP contribution in [-0.4, -0.2) is 48.6 Å². The molecule has 160 valence electrons. The van der Waals surface area contributed by atoms with E-state index in [0.29, 0.717) is 11.8 Å². The maximum absolute atomic E-state index is 13.0. The minimum atomic E-state index is 0.0180. The largest absolute Gasteiger partial charge is 0.322 e. The number of anilines is 1. The van der Waals surface area contributed by atoms with Gasteiger partial charge in [0, 0.05) is 38.4 Å². The van der Waals surface area contributed by atoms with Crippen molar-refractivity contribution in [2.24, 2.45) is 0 Å². The van der Waals surface area contributed by atoms with Gasteiger partial charge in [0.15, 0.2) is 0 Å². The van der Waals surface area contributed by atoms with Crippen molar-refractivity contribution in [3.63, 3.8) is 0 Å². The second-order valence-electron chi connectivity index (χ2n) is 8.65. The first-order valence-corrected chi connectivity index (χ1v) is 11.1. The van der Waals surface area contributed by atoms with Crippen LogP contribution in [0.4, 0.5) is 10.5 Å². The van der Waals surface area contributed by atoms with E-state index in [9.17, 15) is 4.79 Å². The lowest BCUT2D eigenvalue weighted by Gasteiger charge is -2.34. The van der Waals surface area contributed by atoms with Gasteiger partial charge in [-0.2, -0.15) is 0 Å². The van der Waals surface area contributed by atoms with Crippen molar-refractivity contribution in [2.45, 2.75) is 39.5 Å². The van der Waals surface area contributed by atoms with Crippen molar-refractivity contribution in [3.05, 3.63) is 71.3 Å². The van der Waals surface area contributed by atoms with Crippen LogP contribution in [0.2, 0.25) is 0 Å². The molecule has 4 heteroatoms. The summed E-state index contributed by atoms with van der Waals surface area (Å²) in [5, 5.41) is 3.25. The fourth-order valence-electron chi connectivity index (χ4n) is 3.92. The topological polar surface area (TPSA) is 35.6 Å². The zero-order chi connectivity index (χ0) is 21.5. The minimum absolute atomic E-state index is 0.0180. The molecule has 0 aromatic heterocycles. The highest BCUT2D eigenvalue weighted by Crippen LogP contribution is 2.32. The van der Waals surface area contributed by atoms with Gasteiger partial charge in [-0.15, -0.1) is 0 Å². The molecule has 1 saturated heterocycles. The summed E-state index contributed by atoms with van der Waals surface area (Å²) in [6.07, 6.45) is 4.37. The van der Waals surface area contributed by atoms with Gasteiger partial charge in [-0.1, -0.05) is 88.4 Å². The van der Waals surface area contributed by atoms with Gasteiger partial charge in [0.05, 0.1) is 0 Å². The smallest absolute Gasteiger partial charge is 0.321 e. The van der Waals surface area contributed by atoms with E-state index in [2.05, 4.69) is 92.5 Å². The Hall–Kier alpha value is -2.59. The summed E-state index contributed by atoms with van der Waals surface area (Å²) in [4.78, 5) is 17.3. The van der Waals surface area contributed by atoms with Crippen LogP contribution in [-0.2, 0) is 0 Å². The SMILES string of the molecule is CC(C)c1cccc(C(C)C)c1NC(=O)N1CCN(CC=Cc2ccccc2)CC1. The van der Waals surface area contributed by atoms with Gasteiger partial charge >= 0.3 is 6.03 Å².